The van der Waals surface area contributed by atoms with Gasteiger partial charge in [-0.15, -0.1) is 0 Å². The van der Waals surface area contributed by atoms with Crippen molar-refractivity contribution < 1.29 is 9.53 Å². The molecule has 3 rings (SSSR count). The third kappa shape index (κ3) is 5.83. The first-order valence-electron chi connectivity index (χ1n) is 9.92. The molecule has 0 bridgehead atoms. The maximum absolute atomic E-state index is 12.3. The standard InChI is InChI=1S/C23H30N2O2/c1-18-8-4-5-9-22(18)27-19(2)23(26)24-16-20-10-12-21(13-11-20)17-25-14-6-3-7-15-25/h4-5,8-13,19H,3,6-7,14-17H2,1-2H3,(H,24,26). The summed E-state index contributed by atoms with van der Waals surface area (Å²) in [6, 6.07) is 16.3. The molecule has 1 saturated heterocycles. The normalized spacial score (nSPS) is 15.9. The highest BCUT2D eigenvalue weighted by Crippen LogP contribution is 2.18. The summed E-state index contributed by atoms with van der Waals surface area (Å²) in [5, 5.41) is 2.96. The lowest BCUT2D eigenvalue weighted by molar-refractivity contribution is -0.127. The Kier molecular flexibility index (Phi) is 6.88. The van der Waals surface area contributed by atoms with Crippen molar-refractivity contribution in [3.63, 3.8) is 0 Å². The first-order chi connectivity index (χ1) is 13.1. The summed E-state index contributed by atoms with van der Waals surface area (Å²) < 4.78 is 5.78. The molecule has 1 amide bonds. The first kappa shape index (κ1) is 19.4. The van der Waals surface area contributed by atoms with Gasteiger partial charge in [0.1, 0.15) is 5.75 Å². The van der Waals surface area contributed by atoms with Gasteiger partial charge >= 0.3 is 0 Å². The van der Waals surface area contributed by atoms with Crippen molar-refractivity contribution in [2.24, 2.45) is 0 Å². The summed E-state index contributed by atoms with van der Waals surface area (Å²) in [7, 11) is 0. The average molecular weight is 367 g/mol. The zero-order valence-corrected chi connectivity index (χ0v) is 16.4. The maximum Gasteiger partial charge on any atom is 0.261 e. The number of aryl methyl sites for hydroxylation is 1. The van der Waals surface area contributed by atoms with Gasteiger partial charge in [0.05, 0.1) is 0 Å². The Morgan fingerprint density at radius 3 is 2.41 bits per heavy atom. The van der Waals surface area contributed by atoms with Gasteiger partial charge in [-0.2, -0.15) is 0 Å². The van der Waals surface area contributed by atoms with Crippen LogP contribution in [-0.4, -0.2) is 30.0 Å². The monoisotopic (exact) mass is 366 g/mol. The van der Waals surface area contributed by atoms with Crippen molar-refractivity contribution in [2.45, 2.75) is 52.3 Å². The van der Waals surface area contributed by atoms with E-state index in [1.54, 1.807) is 6.92 Å². The number of likely N-dealkylation sites (tertiary alicyclic amines) is 1. The molecule has 1 unspecified atom stereocenters. The average Bonchev–Trinajstić information content (AvgIpc) is 2.69. The second-order valence-corrected chi connectivity index (χ2v) is 7.40. The molecule has 144 valence electrons. The van der Waals surface area contributed by atoms with E-state index in [4.69, 9.17) is 4.74 Å². The number of nitrogens with zero attached hydrogens (tertiary/aromatic N) is 1. The van der Waals surface area contributed by atoms with Crippen molar-refractivity contribution in [1.82, 2.24) is 10.2 Å². The lowest BCUT2D eigenvalue weighted by atomic mass is 10.1. The number of rotatable bonds is 7. The number of amides is 1. The van der Waals surface area contributed by atoms with Gasteiger partial charge in [-0.05, 0) is 62.5 Å². The summed E-state index contributed by atoms with van der Waals surface area (Å²) in [6.07, 6.45) is 3.46. The number of para-hydroxylation sites is 1. The van der Waals surface area contributed by atoms with E-state index < -0.39 is 6.10 Å². The molecule has 1 N–H and O–H groups in total. The van der Waals surface area contributed by atoms with Gasteiger partial charge in [0.15, 0.2) is 6.10 Å². The topological polar surface area (TPSA) is 41.6 Å². The summed E-state index contributed by atoms with van der Waals surface area (Å²) >= 11 is 0. The van der Waals surface area contributed by atoms with E-state index in [1.165, 1.54) is 37.9 Å². The Bertz CT molecular complexity index is 736. The zero-order valence-electron chi connectivity index (χ0n) is 16.4. The first-order valence-corrected chi connectivity index (χ1v) is 9.92. The van der Waals surface area contributed by atoms with Crippen molar-refractivity contribution in [3.05, 3.63) is 65.2 Å². The Hall–Kier alpha value is -2.33. The zero-order chi connectivity index (χ0) is 19.1. The third-order valence-electron chi connectivity index (χ3n) is 5.11. The fourth-order valence-electron chi connectivity index (χ4n) is 3.40. The summed E-state index contributed by atoms with van der Waals surface area (Å²) in [4.78, 5) is 14.8. The lowest BCUT2D eigenvalue weighted by Crippen LogP contribution is -2.36. The van der Waals surface area contributed by atoms with Crippen LogP contribution in [0, 0.1) is 6.92 Å². The summed E-state index contributed by atoms with van der Waals surface area (Å²) in [6.45, 7) is 7.71. The molecule has 2 aromatic rings. The van der Waals surface area contributed by atoms with Crippen molar-refractivity contribution >= 4 is 5.91 Å². The summed E-state index contributed by atoms with van der Waals surface area (Å²) in [5.41, 5.74) is 3.47. The van der Waals surface area contributed by atoms with Crippen LogP contribution in [0.15, 0.2) is 48.5 Å². The highest BCUT2D eigenvalue weighted by atomic mass is 16.5. The number of ether oxygens (including phenoxy) is 1. The SMILES string of the molecule is Cc1ccccc1OC(C)C(=O)NCc1ccc(CN2CCCCC2)cc1. The highest BCUT2D eigenvalue weighted by molar-refractivity contribution is 5.80. The van der Waals surface area contributed by atoms with E-state index in [9.17, 15) is 4.79 Å². The van der Waals surface area contributed by atoms with Crippen LogP contribution >= 0.6 is 0 Å². The molecule has 4 heteroatoms. The Labute approximate surface area is 162 Å². The van der Waals surface area contributed by atoms with Crippen LogP contribution in [0.1, 0.15) is 42.9 Å². The number of nitrogens with one attached hydrogen (secondary N) is 1. The van der Waals surface area contributed by atoms with Gasteiger partial charge in [0.2, 0.25) is 0 Å². The Morgan fingerprint density at radius 1 is 1.04 bits per heavy atom. The minimum absolute atomic E-state index is 0.101. The van der Waals surface area contributed by atoms with Gasteiger partial charge in [-0.3, -0.25) is 9.69 Å². The van der Waals surface area contributed by atoms with E-state index in [2.05, 4.69) is 34.5 Å². The van der Waals surface area contributed by atoms with E-state index >= 15 is 0 Å². The minimum atomic E-state index is -0.524. The van der Waals surface area contributed by atoms with Crippen molar-refractivity contribution in [2.75, 3.05) is 13.1 Å². The van der Waals surface area contributed by atoms with Gasteiger partial charge in [0, 0.05) is 13.1 Å². The quantitative estimate of drug-likeness (QED) is 0.803. The smallest absolute Gasteiger partial charge is 0.261 e. The van der Waals surface area contributed by atoms with Gasteiger partial charge in [-0.25, -0.2) is 0 Å². The predicted octanol–water partition coefficient (Wildman–Crippen LogP) is 4.06. The maximum atomic E-state index is 12.3. The largest absolute Gasteiger partial charge is 0.481 e. The van der Waals surface area contributed by atoms with E-state index in [0.29, 0.717) is 6.54 Å². The van der Waals surface area contributed by atoms with Gasteiger partial charge < -0.3 is 10.1 Å². The molecule has 4 nitrogen and oxygen atoms in total. The van der Waals surface area contributed by atoms with Gasteiger partial charge in [-0.1, -0.05) is 48.9 Å². The fourth-order valence-corrected chi connectivity index (χ4v) is 3.40. The summed E-state index contributed by atoms with van der Waals surface area (Å²) in [5.74, 6) is 0.651. The van der Waals surface area contributed by atoms with Crippen LogP contribution < -0.4 is 10.1 Å². The van der Waals surface area contributed by atoms with Crippen molar-refractivity contribution in [3.8, 4) is 5.75 Å². The Balaban J connectivity index is 1.46. The molecule has 1 aliphatic heterocycles. The molecule has 27 heavy (non-hydrogen) atoms. The van der Waals surface area contributed by atoms with E-state index in [1.807, 2.05) is 31.2 Å². The van der Waals surface area contributed by atoms with Gasteiger partial charge in [0.25, 0.3) is 5.91 Å². The number of carbonyl (C=O) groups excluding carboxylic acids is 1. The number of piperidine rings is 1. The second-order valence-electron chi connectivity index (χ2n) is 7.40. The molecule has 0 spiro atoms. The number of hydrogen-bond acceptors (Lipinski definition) is 3. The van der Waals surface area contributed by atoms with E-state index in [-0.39, 0.29) is 5.91 Å². The Morgan fingerprint density at radius 2 is 1.70 bits per heavy atom. The lowest BCUT2D eigenvalue weighted by Gasteiger charge is -2.26. The molecule has 0 aromatic heterocycles. The molecular weight excluding hydrogens is 336 g/mol. The van der Waals surface area contributed by atoms with Crippen LogP contribution in [0.3, 0.4) is 0 Å². The predicted molar refractivity (Wildman–Crippen MR) is 109 cm³/mol. The second kappa shape index (κ2) is 9.56. The van der Waals surface area contributed by atoms with Crippen LogP contribution in [-0.2, 0) is 17.9 Å². The molecule has 1 atom stereocenters. The number of carbonyl (C=O) groups is 1. The molecular formula is C23H30N2O2. The minimum Gasteiger partial charge on any atom is -0.481 e. The molecule has 1 fully saturated rings. The van der Waals surface area contributed by atoms with Crippen LogP contribution in [0.5, 0.6) is 5.75 Å². The molecule has 1 heterocycles. The third-order valence-corrected chi connectivity index (χ3v) is 5.11. The van der Waals surface area contributed by atoms with Crippen LogP contribution in [0.4, 0.5) is 0 Å². The molecule has 0 radical (unpaired) electrons. The fraction of sp³-hybridized carbons (Fsp3) is 0.435. The van der Waals surface area contributed by atoms with Crippen LogP contribution in [0.2, 0.25) is 0 Å². The molecule has 1 aliphatic rings. The number of hydrogen-bond donors (Lipinski definition) is 1. The highest BCUT2D eigenvalue weighted by Gasteiger charge is 2.15. The number of benzene rings is 2. The molecule has 0 saturated carbocycles. The molecule has 0 aliphatic carbocycles. The molecule has 2 aromatic carbocycles. The van der Waals surface area contributed by atoms with Crippen molar-refractivity contribution in [1.29, 1.82) is 0 Å². The van der Waals surface area contributed by atoms with E-state index in [0.717, 1.165) is 23.4 Å². The van der Waals surface area contributed by atoms with Crippen LogP contribution in [0.25, 0.3) is 0 Å².